The van der Waals surface area contributed by atoms with Crippen molar-refractivity contribution in [3.8, 4) is 21.8 Å². The minimum absolute atomic E-state index is 0.0499. The Morgan fingerprint density at radius 2 is 1.93 bits per heavy atom. The Morgan fingerprint density at radius 1 is 1.10 bits per heavy atom. The van der Waals surface area contributed by atoms with Gasteiger partial charge >= 0.3 is 0 Å². The molecule has 146 valence electrons. The van der Waals surface area contributed by atoms with Gasteiger partial charge in [0, 0.05) is 33.4 Å². The van der Waals surface area contributed by atoms with Crippen LogP contribution in [0.15, 0.2) is 70.9 Å². The van der Waals surface area contributed by atoms with Crippen molar-refractivity contribution in [3.63, 3.8) is 0 Å². The van der Waals surface area contributed by atoms with Crippen LogP contribution in [-0.4, -0.2) is 20.7 Å². The number of ketones is 1. The smallest absolute Gasteiger partial charge is 0.230 e. The molecule has 4 aromatic heterocycles. The minimum Gasteiger partial charge on any atom is -0.432 e. The zero-order valence-electron chi connectivity index (χ0n) is 15.4. The molecule has 0 spiro atoms. The number of aromatic nitrogens is 3. The van der Waals surface area contributed by atoms with Gasteiger partial charge in [-0.2, -0.15) is 0 Å². The van der Waals surface area contributed by atoms with Crippen LogP contribution in [0.5, 0.6) is 0 Å². The molecule has 4 heterocycles. The summed E-state index contributed by atoms with van der Waals surface area (Å²) in [6.45, 7) is 0. The molecule has 0 atom stereocenters. The van der Waals surface area contributed by atoms with Gasteiger partial charge < -0.3 is 10.2 Å². The number of benzene rings is 1. The van der Waals surface area contributed by atoms with Crippen LogP contribution in [0.3, 0.4) is 0 Å². The Hall–Kier alpha value is -3.55. The average Bonchev–Trinajstić information content (AvgIpc) is 3.42. The number of rotatable bonds is 4. The Balaban J connectivity index is 1.74. The van der Waals surface area contributed by atoms with Crippen molar-refractivity contribution >= 4 is 45.5 Å². The summed E-state index contributed by atoms with van der Waals surface area (Å²) in [6, 6.07) is 12.4. The van der Waals surface area contributed by atoms with Crippen LogP contribution >= 0.6 is 22.9 Å². The molecule has 1 aromatic carbocycles. The van der Waals surface area contributed by atoms with E-state index in [-0.39, 0.29) is 22.9 Å². The average molecular weight is 433 g/mol. The van der Waals surface area contributed by atoms with Gasteiger partial charge in [-0.05, 0) is 41.8 Å². The number of carbonyl (C=O) groups excluding carboxylic acids is 1. The van der Waals surface area contributed by atoms with Crippen LogP contribution < -0.4 is 5.73 Å². The molecule has 0 saturated heterocycles. The SMILES string of the molecule is Nc1c(C(=O)c2ccc(Cl)cc2)oc2nc(-c3cnccn3)cc(-c3cccs3)c12. The predicted molar refractivity (Wildman–Crippen MR) is 118 cm³/mol. The highest BCUT2D eigenvalue weighted by atomic mass is 35.5. The van der Waals surface area contributed by atoms with Gasteiger partial charge in [-0.25, -0.2) is 4.98 Å². The lowest BCUT2D eigenvalue weighted by Crippen LogP contribution is -2.02. The Kier molecular flexibility index (Phi) is 4.54. The van der Waals surface area contributed by atoms with Crippen molar-refractivity contribution < 1.29 is 9.21 Å². The molecule has 2 N–H and O–H groups in total. The maximum atomic E-state index is 13.0. The van der Waals surface area contributed by atoms with Gasteiger partial charge in [0.25, 0.3) is 0 Å². The van der Waals surface area contributed by atoms with Crippen molar-refractivity contribution in [1.82, 2.24) is 15.0 Å². The van der Waals surface area contributed by atoms with E-state index < -0.39 is 0 Å². The zero-order valence-corrected chi connectivity index (χ0v) is 16.9. The molecular formula is C22H13ClN4O2S. The van der Waals surface area contributed by atoms with Crippen molar-refractivity contribution in [3.05, 3.63) is 82.8 Å². The second-order valence-corrected chi connectivity index (χ2v) is 7.87. The summed E-state index contributed by atoms with van der Waals surface area (Å²) >= 11 is 7.49. The Morgan fingerprint density at radius 3 is 2.63 bits per heavy atom. The summed E-state index contributed by atoms with van der Waals surface area (Å²) in [5.41, 5.74) is 9.36. The number of carbonyl (C=O) groups is 1. The molecule has 0 aliphatic carbocycles. The van der Waals surface area contributed by atoms with Crippen LogP contribution in [0.2, 0.25) is 5.02 Å². The molecule has 0 unspecified atom stereocenters. The fourth-order valence-corrected chi connectivity index (χ4v) is 4.09. The van der Waals surface area contributed by atoms with E-state index in [1.165, 1.54) is 0 Å². The molecule has 0 fully saturated rings. The van der Waals surface area contributed by atoms with Crippen molar-refractivity contribution in [2.45, 2.75) is 0 Å². The molecule has 5 aromatic rings. The van der Waals surface area contributed by atoms with E-state index in [4.69, 9.17) is 21.8 Å². The van der Waals surface area contributed by atoms with E-state index in [0.717, 1.165) is 10.4 Å². The van der Waals surface area contributed by atoms with Gasteiger partial charge in [0.2, 0.25) is 17.3 Å². The molecule has 0 aliphatic rings. The summed E-state index contributed by atoms with van der Waals surface area (Å²) in [5, 5.41) is 3.11. The number of pyridine rings is 1. The van der Waals surface area contributed by atoms with E-state index >= 15 is 0 Å². The molecule has 5 rings (SSSR count). The topological polar surface area (TPSA) is 94.9 Å². The molecule has 8 heteroatoms. The molecule has 6 nitrogen and oxygen atoms in total. The van der Waals surface area contributed by atoms with Gasteiger partial charge in [0.15, 0.2) is 0 Å². The summed E-state index contributed by atoms with van der Waals surface area (Å²) in [5.74, 6) is -0.283. The van der Waals surface area contributed by atoms with E-state index in [2.05, 4.69) is 15.0 Å². The number of hydrogen-bond donors (Lipinski definition) is 1. The second kappa shape index (κ2) is 7.37. The highest BCUT2D eigenvalue weighted by Crippen LogP contribution is 2.40. The lowest BCUT2D eigenvalue weighted by molar-refractivity contribution is 0.101. The van der Waals surface area contributed by atoms with Gasteiger partial charge in [-0.15, -0.1) is 11.3 Å². The van der Waals surface area contributed by atoms with E-state index in [9.17, 15) is 4.79 Å². The lowest BCUT2D eigenvalue weighted by atomic mass is 10.0. The molecular weight excluding hydrogens is 420 g/mol. The van der Waals surface area contributed by atoms with E-state index in [1.807, 2.05) is 23.6 Å². The van der Waals surface area contributed by atoms with Gasteiger partial charge in [0.1, 0.15) is 5.69 Å². The van der Waals surface area contributed by atoms with Gasteiger partial charge in [-0.3, -0.25) is 14.8 Å². The summed E-state index contributed by atoms with van der Waals surface area (Å²) in [6.07, 6.45) is 4.81. The van der Waals surface area contributed by atoms with Gasteiger partial charge in [-0.1, -0.05) is 17.7 Å². The third-order valence-corrected chi connectivity index (χ3v) is 5.78. The number of nitrogens with two attached hydrogens (primary N) is 1. The van der Waals surface area contributed by atoms with Gasteiger partial charge in [0.05, 0.1) is 23.0 Å². The number of anilines is 1. The fourth-order valence-electron chi connectivity index (χ4n) is 3.21. The third-order valence-electron chi connectivity index (χ3n) is 4.62. The number of thiophene rings is 1. The number of fused-ring (bicyclic) bond motifs is 1. The summed E-state index contributed by atoms with van der Waals surface area (Å²) in [4.78, 5) is 27.0. The summed E-state index contributed by atoms with van der Waals surface area (Å²) < 4.78 is 5.88. The monoisotopic (exact) mass is 432 g/mol. The predicted octanol–water partition coefficient (Wildman–Crippen LogP) is 5.48. The lowest BCUT2D eigenvalue weighted by Gasteiger charge is -2.05. The first kappa shape index (κ1) is 18.5. The first-order chi connectivity index (χ1) is 14.6. The summed E-state index contributed by atoms with van der Waals surface area (Å²) in [7, 11) is 0. The Labute approximate surface area is 180 Å². The molecule has 0 radical (unpaired) electrons. The van der Waals surface area contributed by atoms with Crippen LogP contribution in [0, 0.1) is 0 Å². The van der Waals surface area contributed by atoms with Crippen LogP contribution in [0.1, 0.15) is 16.1 Å². The molecule has 0 saturated carbocycles. The quantitative estimate of drug-likeness (QED) is 0.378. The normalized spacial score (nSPS) is 11.1. The molecule has 0 bridgehead atoms. The van der Waals surface area contributed by atoms with Crippen LogP contribution in [-0.2, 0) is 0 Å². The third kappa shape index (κ3) is 3.14. The second-order valence-electron chi connectivity index (χ2n) is 6.48. The maximum absolute atomic E-state index is 13.0. The highest BCUT2D eigenvalue weighted by molar-refractivity contribution is 7.13. The number of hydrogen-bond acceptors (Lipinski definition) is 7. The minimum atomic E-state index is -0.333. The van der Waals surface area contributed by atoms with E-state index in [0.29, 0.717) is 27.4 Å². The molecule has 0 aliphatic heterocycles. The van der Waals surface area contributed by atoms with Crippen molar-refractivity contribution in [2.75, 3.05) is 5.73 Å². The van der Waals surface area contributed by atoms with E-state index in [1.54, 1.807) is 54.2 Å². The number of furan rings is 1. The fraction of sp³-hybridized carbons (Fsp3) is 0. The highest BCUT2D eigenvalue weighted by Gasteiger charge is 2.24. The van der Waals surface area contributed by atoms with Crippen molar-refractivity contribution in [2.24, 2.45) is 0 Å². The van der Waals surface area contributed by atoms with Crippen molar-refractivity contribution in [1.29, 1.82) is 0 Å². The number of nitrogens with zero attached hydrogens (tertiary/aromatic N) is 3. The molecule has 30 heavy (non-hydrogen) atoms. The maximum Gasteiger partial charge on any atom is 0.230 e. The largest absolute Gasteiger partial charge is 0.432 e. The first-order valence-corrected chi connectivity index (χ1v) is 10.2. The van der Waals surface area contributed by atoms with Crippen LogP contribution in [0.25, 0.3) is 32.9 Å². The number of nitrogen functional groups attached to an aromatic ring is 1. The standard InChI is InChI=1S/C22H13ClN4O2S/c23-13-5-3-12(4-6-13)20(28)21-19(24)18-14(17-2-1-9-30-17)10-15(27-22(18)29-21)16-11-25-7-8-26-16/h1-11H,24H2. The first-order valence-electron chi connectivity index (χ1n) is 8.95. The molecule has 0 amide bonds. The van der Waals surface area contributed by atoms with Crippen LogP contribution in [0.4, 0.5) is 5.69 Å². The number of halogens is 1. The zero-order chi connectivity index (χ0) is 20.7. The Bertz CT molecular complexity index is 1360.